The summed E-state index contributed by atoms with van der Waals surface area (Å²) < 4.78 is 38.5. The van der Waals surface area contributed by atoms with Crippen molar-refractivity contribution in [2.24, 2.45) is 11.3 Å². The van der Waals surface area contributed by atoms with Crippen LogP contribution in [0.5, 0.6) is 5.75 Å². The van der Waals surface area contributed by atoms with E-state index in [1.165, 1.54) is 4.31 Å². The number of hydrogen-bond donors (Lipinski definition) is 1. The summed E-state index contributed by atoms with van der Waals surface area (Å²) in [6.07, 6.45) is 0.688. The summed E-state index contributed by atoms with van der Waals surface area (Å²) in [6.45, 7) is 4.00. The molecule has 0 spiro atoms. The monoisotopic (exact) mass is 341 g/mol. The van der Waals surface area contributed by atoms with Gasteiger partial charge < -0.3 is 14.6 Å². The molecule has 0 saturated carbocycles. The fourth-order valence-electron chi connectivity index (χ4n) is 3.52. The van der Waals surface area contributed by atoms with E-state index < -0.39 is 10.0 Å². The molecule has 2 aliphatic rings. The predicted molar refractivity (Wildman–Crippen MR) is 84.8 cm³/mol. The number of aliphatic hydroxyl groups is 1. The molecule has 23 heavy (non-hydrogen) atoms. The molecule has 2 atom stereocenters. The van der Waals surface area contributed by atoms with Crippen LogP contribution in [-0.2, 0) is 14.8 Å². The highest BCUT2D eigenvalue weighted by Crippen LogP contribution is 2.44. The lowest BCUT2D eigenvalue weighted by molar-refractivity contribution is -0.0414. The van der Waals surface area contributed by atoms with Crippen LogP contribution in [0.15, 0.2) is 29.2 Å². The second-order valence-corrected chi connectivity index (χ2v) is 8.13. The van der Waals surface area contributed by atoms with Crippen molar-refractivity contribution in [3.8, 4) is 5.75 Å². The van der Waals surface area contributed by atoms with Crippen LogP contribution >= 0.6 is 0 Å². The standard InChI is InChI=1S/C16H23NO5S/c1-2-22-14-5-3-4-6-15(14)23(19,20)17-9-13-10-21-8-7-16(13,11-17)12-18/h3-6,13,18H,2,7-12H2,1H3/t13-,16-/m1/s1. The number of fused-ring (bicyclic) bond motifs is 1. The summed E-state index contributed by atoms with van der Waals surface area (Å²) in [5.74, 6) is 0.412. The largest absolute Gasteiger partial charge is 0.492 e. The molecule has 0 aliphatic carbocycles. The highest BCUT2D eigenvalue weighted by atomic mass is 32.2. The lowest BCUT2D eigenvalue weighted by Crippen LogP contribution is -2.41. The van der Waals surface area contributed by atoms with Crippen LogP contribution in [0.2, 0.25) is 0 Å². The summed E-state index contributed by atoms with van der Waals surface area (Å²) in [4.78, 5) is 0.189. The van der Waals surface area contributed by atoms with E-state index in [1.807, 2.05) is 6.92 Å². The van der Waals surface area contributed by atoms with Crippen molar-refractivity contribution >= 4 is 10.0 Å². The minimum Gasteiger partial charge on any atom is -0.492 e. The van der Waals surface area contributed by atoms with Gasteiger partial charge in [-0.05, 0) is 25.5 Å². The Labute approximate surface area is 137 Å². The first-order chi connectivity index (χ1) is 11.0. The lowest BCUT2D eigenvalue weighted by Gasteiger charge is -2.36. The maximum Gasteiger partial charge on any atom is 0.246 e. The number of nitrogens with zero attached hydrogens (tertiary/aromatic N) is 1. The third-order valence-corrected chi connectivity index (χ3v) is 6.78. The van der Waals surface area contributed by atoms with Gasteiger partial charge in [-0.2, -0.15) is 4.31 Å². The van der Waals surface area contributed by atoms with Gasteiger partial charge in [0.25, 0.3) is 0 Å². The average molecular weight is 341 g/mol. The molecule has 128 valence electrons. The summed E-state index contributed by atoms with van der Waals surface area (Å²) >= 11 is 0. The van der Waals surface area contributed by atoms with E-state index in [1.54, 1.807) is 24.3 Å². The second kappa shape index (κ2) is 6.39. The average Bonchev–Trinajstić information content (AvgIpc) is 2.96. The zero-order valence-corrected chi connectivity index (χ0v) is 14.1. The summed E-state index contributed by atoms with van der Waals surface area (Å²) in [7, 11) is -3.66. The molecule has 7 heteroatoms. The van der Waals surface area contributed by atoms with Gasteiger partial charge in [-0.25, -0.2) is 8.42 Å². The van der Waals surface area contributed by atoms with Gasteiger partial charge in [-0.3, -0.25) is 0 Å². The number of para-hydroxylation sites is 1. The van der Waals surface area contributed by atoms with Crippen molar-refractivity contribution in [3.63, 3.8) is 0 Å². The van der Waals surface area contributed by atoms with Crippen molar-refractivity contribution in [2.45, 2.75) is 18.2 Å². The van der Waals surface area contributed by atoms with Gasteiger partial charge in [0, 0.05) is 31.0 Å². The van der Waals surface area contributed by atoms with Crippen LogP contribution in [0.1, 0.15) is 13.3 Å². The van der Waals surface area contributed by atoms with Crippen molar-refractivity contribution in [2.75, 3.05) is 39.5 Å². The molecule has 2 saturated heterocycles. The summed E-state index contributed by atoms with van der Waals surface area (Å²) in [5, 5.41) is 9.84. The number of ether oxygens (including phenoxy) is 2. The predicted octanol–water partition coefficient (Wildman–Crippen LogP) is 1.10. The Morgan fingerprint density at radius 3 is 2.91 bits per heavy atom. The van der Waals surface area contributed by atoms with Crippen LogP contribution in [0.3, 0.4) is 0 Å². The summed E-state index contributed by atoms with van der Waals surface area (Å²) in [5.41, 5.74) is -0.383. The topological polar surface area (TPSA) is 76.1 Å². The Balaban J connectivity index is 1.92. The van der Waals surface area contributed by atoms with Gasteiger partial charge in [-0.1, -0.05) is 12.1 Å². The Morgan fingerprint density at radius 2 is 2.22 bits per heavy atom. The van der Waals surface area contributed by atoms with Crippen molar-refractivity contribution < 1.29 is 23.0 Å². The van der Waals surface area contributed by atoms with Crippen LogP contribution < -0.4 is 4.74 Å². The molecule has 1 aromatic carbocycles. The zero-order chi connectivity index (χ0) is 16.5. The SMILES string of the molecule is CCOc1ccccc1S(=O)(=O)N1C[C@@H]2COCC[C@]2(CO)C1. The number of aliphatic hydroxyl groups excluding tert-OH is 1. The molecule has 2 fully saturated rings. The van der Waals surface area contributed by atoms with Gasteiger partial charge in [0.1, 0.15) is 10.6 Å². The van der Waals surface area contributed by atoms with Gasteiger partial charge >= 0.3 is 0 Å². The number of hydrogen-bond acceptors (Lipinski definition) is 5. The van der Waals surface area contributed by atoms with E-state index in [0.29, 0.717) is 45.1 Å². The van der Waals surface area contributed by atoms with E-state index in [0.717, 1.165) is 0 Å². The van der Waals surface area contributed by atoms with Gasteiger partial charge in [0.15, 0.2) is 0 Å². The van der Waals surface area contributed by atoms with Crippen LogP contribution in [-0.4, -0.2) is 57.3 Å². The molecule has 1 aromatic rings. The summed E-state index contributed by atoms with van der Waals surface area (Å²) in [6, 6.07) is 6.70. The fraction of sp³-hybridized carbons (Fsp3) is 0.625. The molecule has 2 aliphatic heterocycles. The Kier molecular flexibility index (Phi) is 4.64. The maximum atomic E-state index is 13.1. The van der Waals surface area contributed by atoms with E-state index in [4.69, 9.17) is 9.47 Å². The van der Waals surface area contributed by atoms with E-state index >= 15 is 0 Å². The van der Waals surface area contributed by atoms with Crippen LogP contribution in [0, 0.1) is 11.3 Å². The minimum absolute atomic E-state index is 0.0137. The van der Waals surface area contributed by atoms with E-state index in [2.05, 4.69) is 0 Å². The second-order valence-electron chi connectivity index (χ2n) is 6.22. The number of rotatable bonds is 5. The third kappa shape index (κ3) is 2.87. The van der Waals surface area contributed by atoms with Gasteiger partial charge in [0.05, 0.1) is 19.8 Å². The zero-order valence-electron chi connectivity index (χ0n) is 13.3. The van der Waals surface area contributed by atoms with Crippen molar-refractivity contribution in [1.82, 2.24) is 4.31 Å². The molecule has 0 bridgehead atoms. The molecular weight excluding hydrogens is 318 g/mol. The fourth-order valence-corrected chi connectivity index (χ4v) is 5.23. The van der Waals surface area contributed by atoms with Gasteiger partial charge in [0.2, 0.25) is 10.0 Å². The first kappa shape index (κ1) is 16.7. The van der Waals surface area contributed by atoms with E-state index in [-0.39, 0.29) is 22.8 Å². The quantitative estimate of drug-likeness (QED) is 0.868. The first-order valence-corrected chi connectivity index (χ1v) is 9.38. The normalized spacial score (nSPS) is 28.5. The minimum atomic E-state index is -3.66. The Bertz CT molecular complexity index is 662. The molecule has 3 rings (SSSR count). The Morgan fingerprint density at radius 1 is 1.43 bits per heavy atom. The molecule has 1 N–H and O–H groups in total. The molecular formula is C16H23NO5S. The van der Waals surface area contributed by atoms with Crippen LogP contribution in [0.25, 0.3) is 0 Å². The first-order valence-electron chi connectivity index (χ1n) is 7.94. The molecule has 0 amide bonds. The van der Waals surface area contributed by atoms with Crippen LogP contribution in [0.4, 0.5) is 0 Å². The lowest BCUT2D eigenvalue weighted by atomic mass is 9.75. The molecule has 0 aromatic heterocycles. The number of benzene rings is 1. The molecule has 2 heterocycles. The molecule has 0 unspecified atom stereocenters. The maximum absolute atomic E-state index is 13.1. The highest BCUT2D eigenvalue weighted by molar-refractivity contribution is 7.89. The van der Waals surface area contributed by atoms with Gasteiger partial charge in [-0.15, -0.1) is 0 Å². The van der Waals surface area contributed by atoms with Crippen molar-refractivity contribution in [3.05, 3.63) is 24.3 Å². The molecule has 0 radical (unpaired) electrons. The van der Waals surface area contributed by atoms with E-state index in [9.17, 15) is 13.5 Å². The smallest absolute Gasteiger partial charge is 0.246 e. The van der Waals surface area contributed by atoms with Crippen molar-refractivity contribution in [1.29, 1.82) is 0 Å². The highest BCUT2D eigenvalue weighted by Gasteiger charge is 2.51. The number of sulfonamides is 1. The Hall–Kier alpha value is -1.15. The molecule has 6 nitrogen and oxygen atoms in total. The third-order valence-electron chi connectivity index (χ3n) is 4.93.